The molecule has 0 spiro atoms. The van der Waals surface area contributed by atoms with Crippen molar-refractivity contribution in [2.24, 2.45) is 4.99 Å². The Labute approximate surface area is 187 Å². The lowest BCUT2D eigenvalue weighted by Gasteiger charge is -2.10. The summed E-state index contributed by atoms with van der Waals surface area (Å²) in [4.78, 5) is 16.2. The summed E-state index contributed by atoms with van der Waals surface area (Å²) in [5.74, 6) is 0. The van der Waals surface area contributed by atoms with Gasteiger partial charge in [-0.05, 0) is 54.1 Å². The van der Waals surface area contributed by atoms with Crippen LogP contribution in [0.15, 0.2) is 92.1 Å². The Bertz CT molecular complexity index is 1260. The van der Waals surface area contributed by atoms with Crippen molar-refractivity contribution in [2.45, 2.75) is 0 Å². The largest absolute Gasteiger partial charge is 0.285 e. The predicted molar refractivity (Wildman–Crippen MR) is 123 cm³/mol. The number of thiazole rings is 1. The van der Waals surface area contributed by atoms with Crippen LogP contribution in [0.3, 0.4) is 0 Å². The van der Waals surface area contributed by atoms with Crippen molar-refractivity contribution >= 4 is 54.6 Å². The SMILES string of the molecule is O=[N+]([O-])c1ccc(-c2csc(=Nc3cccc(Br)c3)n2-c2cccc(Br)c2)cc1. The number of nitro benzene ring substituents is 1. The molecule has 5 nitrogen and oxygen atoms in total. The van der Waals surface area contributed by atoms with Gasteiger partial charge in [-0.1, -0.05) is 44.0 Å². The van der Waals surface area contributed by atoms with Crippen LogP contribution in [0.25, 0.3) is 16.9 Å². The molecule has 0 saturated heterocycles. The Kier molecular flexibility index (Phi) is 5.75. The summed E-state index contributed by atoms with van der Waals surface area (Å²) in [6.45, 7) is 0. The van der Waals surface area contributed by atoms with Crippen molar-refractivity contribution in [1.82, 2.24) is 4.57 Å². The number of nitro groups is 1. The first-order valence-corrected chi connectivity index (χ1v) is 11.0. The minimum Gasteiger partial charge on any atom is -0.285 e. The second-order valence-corrected chi connectivity index (χ2v) is 8.78. The molecule has 0 unspecified atom stereocenters. The van der Waals surface area contributed by atoms with Gasteiger partial charge in [-0.3, -0.25) is 14.7 Å². The number of nitrogens with zero attached hydrogens (tertiary/aromatic N) is 3. The molecule has 0 amide bonds. The van der Waals surface area contributed by atoms with Crippen LogP contribution < -0.4 is 4.80 Å². The van der Waals surface area contributed by atoms with Gasteiger partial charge in [0.05, 0.1) is 16.3 Å². The van der Waals surface area contributed by atoms with Crippen LogP contribution >= 0.6 is 43.2 Å². The fraction of sp³-hybridized carbons (Fsp3) is 0. The Hall–Kier alpha value is -2.55. The van der Waals surface area contributed by atoms with E-state index in [1.165, 1.54) is 23.5 Å². The van der Waals surface area contributed by atoms with Crippen molar-refractivity contribution in [3.63, 3.8) is 0 Å². The number of aromatic nitrogens is 1. The molecule has 0 atom stereocenters. The van der Waals surface area contributed by atoms with Crippen LogP contribution in [-0.4, -0.2) is 9.49 Å². The summed E-state index contributed by atoms with van der Waals surface area (Å²) in [5, 5.41) is 13.0. The second-order valence-electron chi connectivity index (χ2n) is 6.11. The van der Waals surface area contributed by atoms with Gasteiger partial charge in [0, 0.05) is 32.1 Å². The van der Waals surface area contributed by atoms with Gasteiger partial charge in [-0.25, -0.2) is 4.99 Å². The molecule has 4 aromatic rings. The number of rotatable bonds is 4. The zero-order chi connectivity index (χ0) is 20.4. The average molecular weight is 531 g/mol. The van der Waals surface area contributed by atoms with E-state index in [1.54, 1.807) is 12.1 Å². The Balaban J connectivity index is 1.92. The van der Waals surface area contributed by atoms with Crippen molar-refractivity contribution in [1.29, 1.82) is 0 Å². The quantitative estimate of drug-likeness (QED) is 0.213. The summed E-state index contributed by atoms with van der Waals surface area (Å²) in [5.41, 5.74) is 3.64. The summed E-state index contributed by atoms with van der Waals surface area (Å²) < 4.78 is 3.97. The van der Waals surface area contributed by atoms with Crippen LogP contribution in [-0.2, 0) is 0 Å². The molecule has 0 radical (unpaired) electrons. The van der Waals surface area contributed by atoms with Gasteiger partial charge in [-0.2, -0.15) is 0 Å². The normalized spacial score (nSPS) is 11.6. The molecule has 8 heteroatoms. The highest BCUT2D eigenvalue weighted by molar-refractivity contribution is 9.10. The smallest absolute Gasteiger partial charge is 0.269 e. The van der Waals surface area contributed by atoms with Crippen LogP contribution in [0.1, 0.15) is 0 Å². The fourth-order valence-electron chi connectivity index (χ4n) is 2.87. The molecule has 0 aliphatic carbocycles. The lowest BCUT2D eigenvalue weighted by Crippen LogP contribution is -2.13. The Morgan fingerprint density at radius 1 is 0.931 bits per heavy atom. The average Bonchev–Trinajstić information content (AvgIpc) is 3.11. The molecule has 29 heavy (non-hydrogen) atoms. The number of halogens is 2. The van der Waals surface area contributed by atoms with Crippen molar-refractivity contribution in [3.8, 4) is 16.9 Å². The summed E-state index contributed by atoms with van der Waals surface area (Å²) >= 11 is 8.53. The molecule has 0 aliphatic rings. The van der Waals surface area contributed by atoms with Gasteiger partial charge in [-0.15, -0.1) is 11.3 Å². The van der Waals surface area contributed by atoms with Gasteiger partial charge in [0.1, 0.15) is 0 Å². The van der Waals surface area contributed by atoms with Gasteiger partial charge in [0.2, 0.25) is 0 Å². The number of non-ortho nitro benzene ring substituents is 1. The molecule has 0 fully saturated rings. The lowest BCUT2D eigenvalue weighted by molar-refractivity contribution is -0.384. The maximum atomic E-state index is 11.0. The lowest BCUT2D eigenvalue weighted by atomic mass is 10.1. The highest BCUT2D eigenvalue weighted by Gasteiger charge is 2.12. The second kappa shape index (κ2) is 8.44. The Morgan fingerprint density at radius 3 is 2.28 bits per heavy atom. The van der Waals surface area contributed by atoms with Crippen molar-refractivity contribution < 1.29 is 4.92 Å². The first-order valence-electron chi connectivity index (χ1n) is 8.53. The van der Waals surface area contributed by atoms with Crippen LogP contribution in [0, 0.1) is 10.1 Å². The van der Waals surface area contributed by atoms with E-state index in [-0.39, 0.29) is 5.69 Å². The van der Waals surface area contributed by atoms with E-state index in [0.717, 1.165) is 36.4 Å². The van der Waals surface area contributed by atoms with Crippen molar-refractivity contribution in [2.75, 3.05) is 0 Å². The van der Waals surface area contributed by atoms with Crippen LogP contribution in [0.4, 0.5) is 11.4 Å². The molecule has 1 aromatic heterocycles. The molecule has 144 valence electrons. The Morgan fingerprint density at radius 2 is 1.62 bits per heavy atom. The zero-order valence-corrected chi connectivity index (χ0v) is 18.8. The standard InChI is InChI=1S/C21H13Br2N3O2S/c22-15-3-1-5-17(11-15)24-21-25(19-6-2-4-16(23)12-19)20(13-29-21)14-7-9-18(10-8-14)26(27)28/h1-13H. The predicted octanol–water partition coefficient (Wildman–Crippen LogP) is 6.87. The first-order chi connectivity index (χ1) is 14.0. The summed E-state index contributed by atoms with van der Waals surface area (Å²) in [6.07, 6.45) is 0. The molecule has 1 heterocycles. The van der Waals surface area contributed by atoms with E-state index in [4.69, 9.17) is 4.99 Å². The topological polar surface area (TPSA) is 60.4 Å². The van der Waals surface area contributed by atoms with E-state index in [2.05, 4.69) is 36.4 Å². The van der Waals surface area contributed by atoms with E-state index in [9.17, 15) is 10.1 Å². The minimum atomic E-state index is -0.395. The summed E-state index contributed by atoms with van der Waals surface area (Å²) in [7, 11) is 0. The van der Waals surface area contributed by atoms with E-state index < -0.39 is 4.92 Å². The van der Waals surface area contributed by atoms with E-state index in [0.29, 0.717) is 0 Å². The van der Waals surface area contributed by atoms with Gasteiger partial charge < -0.3 is 0 Å². The van der Waals surface area contributed by atoms with Gasteiger partial charge in [0.15, 0.2) is 4.80 Å². The molecule has 3 aromatic carbocycles. The highest BCUT2D eigenvalue weighted by Crippen LogP contribution is 2.27. The molecule has 0 bridgehead atoms. The summed E-state index contributed by atoms with van der Waals surface area (Å²) in [6, 6.07) is 22.3. The zero-order valence-electron chi connectivity index (χ0n) is 14.8. The molecule has 0 aliphatic heterocycles. The number of benzene rings is 3. The number of hydrogen-bond acceptors (Lipinski definition) is 4. The molecule has 0 N–H and O–H groups in total. The molecular weight excluding hydrogens is 518 g/mol. The maximum Gasteiger partial charge on any atom is 0.269 e. The molecular formula is C21H13Br2N3O2S. The van der Waals surface area contributed by atoms with E-state index >= 15 is 0 Å². The fourth-order valence-corrected chi connectivity index (χ4v) is 4.57. The third kappa shape index (κ3) is 4.39. The minimum absolute atomic E-state index is 0.0667. The third-order valence-electron chi connectivity index (χ3n) is 4.18. The number of hydrogen-bond donors (Lipinski definition) is 0. The molecule has 4 rings (SSSR count). The third-order valence-corrected chi connectivity index (χ3v) is 5.99. The first kappa shape index (κ1) is 19.8. The maximum absolute atomic E-state index is 11.0. The van der Waals surface area contributed by atoms with Crippen LogP contribution in [0.5, 0.6) is 0 Å². The highest BCUT2D eigenvalue weighted by atomic mass is 79.9. The van der Waals surface area contributed by atoms with Crippen molar-refractivity contribution in [3.05, 3.63) is 102 Å². The van der Waals surface area contributed by atoms with Gasteiger partial charge in [0.25, 0.3) is 5.69 Å². The molecule has 0 saturated carbocycles. The van der Waals surface area contributed by atoms with E-state index in [1.807, 2.05) is 53.9 Å². The van der Waals surface area contributed by atoms with Crippen LogP contribution in [0.2, 0.25) is 0 Å². The monoisotopic (exact) mass is 529 g/mol. The van der Waals surface area contributed by atoms with Gasteiger partial charge >= 0.3 is 0 Å².